The van der Waals surface area contributed by atoms with E-state index in [1.54, 1.807) is 12.1 Å². The Hall–Kier alpha value is -1.70. The third-order valence-electron chi connectivity index (χ3n) is 6.86. The Bertz CT molecular complexity index is 1010. The van der Waals surface area contributed by atoms with Crippen LogP contribution in [0.15, 0.2) is 30.3 Å². The van der Waals surface area contributed by atoms with Gasteiger partial charge < -0.3 is 20.7 Å². The molecule has 0 saturated carbocycles. The summed E-state index contributed by atoms with van der Waals surface area (Å²) in [7, 11) is 1.52. The van der Waals surface area contributed by atoms with Crippen LogP contribution in [0, 0.1) is 5.92 Å². The lowest BCUT2D eigenvalue weighted by atomic mass is 9.96. The number of benzene rings is 2. The van der Waals surface area contributed by atoms with E-state index in [4.69, 9.17) is 45.3 Å². The molecular formula is C27H37Cl3N4O2. The summed E-state index contributed by atoms with van der Waals surface area (Å²) >= 11 is 18.3. The molecule has 0 aromatic heterocycles. The van der Waals surface area contributed by atoms with Crippen molar-refractivity contribution >= 4 is 46.4 Å². The lowest BCUT2D eigenvalue weighted by molar-refractivity contribution is 0.0932. The maximum absolute atomic E-state index is 12.7. The number of nitrogens with one attached hydrogen (secondary N) is 1. The summed E-state index contributed by atoms with van der Waals surface area (Å²) in [5, 5.41) is 4.61. The number of hydrogen-bond donors (Lipinski definition) is 2. The number of rotatable bonds is 12. The highest BCUT2D eigenvalue weighted by molar-refractivity contribution is 6.42. The maximum Gasteiger partial charge on any atom is 0.255 e. The molecule has 36 heavy (non-hydrogen) atoms. The molecule has 1 amide bonds. The predicted molar refractivity (Wildman–Crippen MR) is 151 cm³/mol. The van der Waals surface area contributed by atoms with Gasteiger partial charge in [0.15, 0.2) is 0 Å². The van der Waals surface area contributed by atoms with Crippen molar-refractivity contribution in [3.63, 3.8) is 0 Å². The molecule has 1 heterocycles. The summed E-state index contributed by atoms with van der Waals surface area (Å²) in [6.07, 6.45) is 4.50. The number of carbonyl (C=O) groups is 1. The number of nitrogens with two attached hydrogens (primary N) is 1. The van der Waals surface area contributed by atoms with Crippen LogP contribution in [-0.4, -0.2) is 62.1 Å². The second kappa shape index (κ2) is 14.3. The number of nitrogens with zero attached hydrogens (tertiary/aromatic N) is 2. The molecule has 1 fully saturated rings. The van der Waals surface area contributed by atoms with E-state index in [2.05, 4.69) is 22.0 Å². The topological polar surface area (TPSA) is 70.8 Å². The monoisotopic (exact) mass is 554 g/mol. The van der Waals surface area contributed by atoms with E-state index in [-0.39, 0.29) is 5.91 Å². The zero-order valence-electron chi connectivity index (χ0n) is 21.2. The number of halogens is 3. The minimum atomic E-state index is -0.183. The Morgan fingerprint density at radius 1 is 1.11 bits per heavy atom. The van der Waals surface area contributed by atoms with Crippen molar-refractivity contribution in [3.05, 3.63) is 56.5 Å². The number of piperidine rings is 1. The number of likely N-dealkylation sites (tertiary alicyclic amines) is 1. The molecule has 6 nitrogen and oxygen atoms in total. The quantitative estimate of drug-likeness (QED) is 0.249. The summed E-state index contributed by atoms with van der Waals surface area (Å²) in [4.78, 5) is 17.7. The summed E-state index contributed by atoms with van der Waals surface area (Å²) in [6, 6.07) is 9.03. The lowest BCUT2D eigenvalue weighted by Gasteiger charge is -2.32. The molecule has 0 aliphatic carbocycles. The summed E-state index contributed by atoms with van der Waals surface area (Å²) in [5.74, 6) is 0.725. The molecule has 0 radical (unpaired) electrons. The van der Waals surface area contributed by atoms with E-state index >= 15 is 0 Å². The Morgan fingerprint density at radius 2 is 1.86 bits per heavy atom. The van der Waals surface area contributed by atoms with Crippen LogP contribution in [0.3, 0.4) is 0 Å². The molecule has 2 aromatic carbocycles. The number of unbranched alkanes of at least 4 members (excludes halogenated alkanes) is 1. The second-order valence-corrected chi connectivity index (χ2v) is 10.6. The molecule has 3 N–H and O–H groups in total. The molecular weight excluding hydrogens is 519 g/mol. The Morgan fingerprint density at radius 3 is 2.53 bits per heavy atom. The first-order valence-electron chi connectivity index (χ1n) is 12.6. The van der Waals surface area contributed by atoms with E-state index in [0.717, 1.165) is 58.5 Å². The van der Waals surface area contributed by atoms with Gasteiger partial charge in [-0.3, -0.25) is 9.69 Å². The van der Waals surface area contributed by atoms with Crippen molar-refractivity contribution < 1.29 is 9.53 Å². The van der Waals surface area contributed by atoms with E-state index in [1.807, 2.05) is 18.2 Å². The molecule has 2 aromatic rings. The first kappa shape index (κ1) is 28.9. The normalized spacial score (nSPS) is 14.8. The number of ether oxygens (including phenoxy) is 1. The smallest absolute Gasteiger partial charge is 0.255 e. The highest BCUT2D eigenvalue weighted by Crippen LogP contribution is 2.29. The first-order valence-corrected chi connectivity index (χ1v) is 13.7. The van der Waals surface area contributed by atoms with Gasteiger partial charge in [0.1, 0.15) is 5.75 Å². The zero-order valence-corrected chi connectivity index (χ0v) is 23.4. The van der Waals surface area contributed by atoms with Gasteiger partial charge in [0, 0.05) is 19.2 Å². The van der Waals surface area contributed by atoms with Gasteiger partial charge in [-0.05, 0) is 88.1 Å². The standard InChI is InChI=1S/C27H37Cl3N4O2/c1-3-33(18-20-6-7-22(28)23(29)14-20)10-4-5-11-34-12-8-19(9-13-34)17-32-27(35)21-15-24(30)25(31)16-26(21)36-2/h6-7,14-16,19H,3-5,8-13,17-18,31H2,1-2H3,(H,32,35). The van der Waals surface area contributed by atoms with Crippen LogP contribution in [0.4, 0.5) is 5.69 Å². The second-order valence-electron chi connectivity index (χ2n) is 9.39. The van der Waals surface area contributed by atoms with Crippen molar-refractivity contribution in [2.45, 2.75) is 39.2 Å². The molecule has 0 spiro atoms. The van der Waals surface area contributed by atoms with Gasteiger partial charge in [-0.1, -0.05) is 47.8 Å². The minimum absolute atomic E-state index is 0.183. The molecule has 9 heteroatoms. The molecule has 1 aliphatic rings. The zero-order chi connectivity index (χ0) is 26.1. The predicted octanol–water partition coefficient (Wildman–Crippen LogP) is 5.98. The lowest BCUT2D eigenvalue weighted by Crippen LogP contribution is -2.39. The minimum Gasteiger partial charge on any atom is -0.496 e. The molecule has 198 valence electrons. The Labute approximate surface area is 230 Å². The van der Waals surface area contributed by atoms with Gasteiger partial charge in [-0.15, -0.1) is 0 Å². The van der Waals surface area contributed by atoms with Crippen LogP contribution in [0.2, 0.25) is 15.1 Å². The highest BCUT2D eigenvalue weighted by atomic mass is 35.5. The third kappa shape index (κ3) is 8.42. The number of nitrogen functional groups attached to an aromatic ring is 1. The molecule has 0 atom stereocenters. The Kier molecular flexibility index (Phi) is 11.5. The van der Waals surface area contributed by atoms with E-state index in [0.29, 0.717) is 44.5 Å². The fourth-order valence-corrected chi connectivity index (χ4v) is 5.06. The van der Waals surface area contributed by atoms with Crippen LogP contribution in [0.25, 0.3) is 0 Å². The summed E-state index contributed by atoms with van der Waals surface area (Å²) < 4.78 is 5.30. The fourth-order valence-electron chi connectivity index (χ4n) is 4.58. The molecule has 0 bridgehead atoms. The molecule has 0 unspecified atom stereocenters. The van der Waals surface area contributed by atoms with Crippen molar-refractivity contribution in [2.75, 3.05) is 52.1 Å². The number of anilines is 1. The molecule has 1 aliphatic heterocycles. The van der Waals surface area contributed by atoms with Crippen molar-refractivity contribution in [1.29, 1.82) is 0 Å². The van der Waals surface area contributed by atoms with Crippen LogP contribution in [0.5, 0.6) is 5.75 Å². The maximum atomic E-state index is 12.7. The van der Waals surface area contributed by atoms with Crippen LogP contribution >= 0.6 is 34.8 Å². The SMILES string of the molecule is CCN(CCCCN1CCC(CNC(=O)c2cc(Cl)c(N)cc2OC)CC1)Cc1ccc(Cl)c(Cl)c1. The number of hydrogen-bond acceptors (Lipinski definition) is 5. The fraction of sp³-hybridized carbons (Fsp3) is 0.519. The van der Waals surface area contributed by atoms with Gasteiger partial charge in [-0.2, -0.15) is 0 Å². The van der Waals surface area contributed by atoms with Gasteiger partial charge in [-0.25, -0.2) is 0 Å². The number of carbonyl (C=O) groups excluding carboxylic acids is 1. The number of amides is 1. The largest absolute Gasteiger partial charge is 0.496 e. The van der Waals surface area contributed by atoms with E-state index in [9.17, 15) is 4.79 Å². The average Bonchev–Trinajstić information content (AvgIpc) is 2.88. The van der Waals surface area contributed by atoms with Crippen LogP contribution in [0.1, 0.15) is 48.5 Å². The average molecular weight is 556 g/mol. The van der Waals surface area contributed by atoms with E-state index in [1.165, 1.54) is 19.1 Å². The first-order chi connectivity index (χ1) is 17.3. The van der Waals surface area contributed by atoms with Gasteiger partial charge in [0.2, 0.25) is 0 Å². The van der Waals surface area contributed by atoms with Crippen LogP contribution in [-0.2, 0) is 6.54 Å². The Balaban J connectivity index is 1.33. The molecule has 3 rings (SSSR count). The molecule has 1 saturated heterocycles. The van der Waals surface area contributed by atoms with Gasteiger partial charge in [0.05, 0.1) is 33.4 Å². The van der Waals surface area contributed by atoms with Gasteiger partial charge in [0.25, 0.3) is 5.91 Å². The van der Waals surface area contributed by atoms with Crippen molar-refractivity contribution in [2.24, 2.45) is 5.92 Å². The third-order valence-corrected chi connectivity index (χ3v) is 7.92. The summed E-state index contributed by atoms with van der Waals surface area (Å²) in [6.45, 7) is 9.06. The number of methoxy groups -OCH3 is 1. The van der Waals surface area contributed by atoms with Gasteiger partial charge >= 0.3 is 0 Å². The van der Waals surface area contributed by atoms with Crippen molar-refractivity contribution in [1.82, 2.24) is 15.1 Å². The summed E-state index contributed by atoms with van der Waals surface area (Å²) in [5.41, 5.74) is 7.82. The highest BCUT2D eigenvalue weighted by Gasteiger charge is 2.21. The van der Waals surface area contributed by atoms with Crippen molar-refractivity contribution in [3.8, 4) is 5.75 Å². The van der Waals surface area contributed by atoms with Crippen LogP contribution < -0.4 is 15.8 Å². The van der Waals surface area contributed by atoms with E-state index < -0.39 is 0 Å².